The molecule has 2 aromatic carbocycles. The van der Waals surface area contributed by atoms with Gasteiger partial charge in [0.1, 0.15) is 0 Å². The number of nitrogens with zero attached hydrogens (tertiary/aromatic N) is 1. The molecule has 18 heavy (non-hydrogen) atoms. The van der Waals surface area contributed by atoms with Crippen molar-refractivity contribution in [2.45, 2.75) is 19.9 Å². The van der Waals surface area contributed by atoms with E-state index in [1.807, 2.05) is 23.3 Å². The molecule has 0 aromatic heterocycles. The molecule has 2 rings (SSSR count). The molecule has 0 heterocycles. The molecule has 0 aliphatic carbocycles. The van der Waals surface area contributed by atoms with Crippen molar-refractivity contribution in [3.05, 3.63) is 65.7 Å². The topological polar surface area (TPSA) is 12.5 Å². The van der Waals surface area contributed by atoms with Crippen molar-refractivity contribution in [1.29, 1.82) is 0 Å². The van der Waals surface area contributed by atoms with Gasteiger partial charge in [0.2, 0.25) is 0 Å². The first kappa shape index (κ1) is 12.7. The average Bonchev–Trinajstić information content (AvgIpc) is 2.42. The van der Waals surface area contributed by atoms with E-state index in [1.54, 1.807) is 7.11 Å². The molecule has 0 unspecified atom stereocenters. The molecule has 2 heteroatoms. The molecule has 0 saturated carbocycles. The molecule has 1 atom stereocenters. The number of anilines is 1. The van der Waals surface area contributed by atoms with Crippen molar-refractivity contribution in [2.24, 2.45) is 0 Å². The largest absolute Gasteiger partial charge is 0.276 e. The Labute approximate surface area is 109 Å². The standard InChI is InChI=1S/C16H19NO/c1-13-9-7-8-12-16(13)17(18-3)14(2)15-10-5-4-6-11-15/h4-12,14H,1-3H3/t14-/m0/s1. The van der Waals surface area contributed by atoms with Gasteiger partial charge in [-0.15, -0.1) is 0 Å². The fourth-order valence-corrected chi connectivity index (χ4v) is 2.14. The van der Waals surface area contributed by atoms with Crippen LogP contribution < -0.4 is 5.06 Å². The zero-order valence-corrected chi connectivity index (χ0v) is 11.1. The maximum absolute atomic E-state index is 5.57. The third kappa shape index (κ3) is 2.54. The van der Waals surface area contributed by atoms with Crippen molar-refractivity contribution < 1.29 is 4.84 Å². The lowest BCUT2D eigenvalue weighted by Gasteiger charge is -2.30. The number of rotatable bonds is 4. The molecule has 2 aromatic rings. The first-order valence-electron chi connectivity index (χ1n) is 6.18. The van der Waals surface area contributed by atoms with E-state index in [1.165, 1.54) is 11.1 Å². The van der Waals surface area contributed by atoms with Crippen LogP contribution >= 0.6 is 0 Å². The summed E-state index contributed by atoms with van der Waals surface area (Å²) in [6.45, 7) is 4.24. The van der Waals surface area contributed by atoms with Crippen molar-refractivity contribution in [3.63, 3.8) is 0 Å². The van der Waals surface area contributed by atoms with Crippen LogP contribution in [-0.4, -0.2) is 7.11 Å². The second-order valence-corrected chi connectivity index (χ2v) is 4.38. The maximum Gasteiger partial charge on any atom is 0.0787 e. The molecule has 0 N–H and O–H groups in total. The molecule has 0 radical (unpaired) electrons. The molecule has 0 aliphatic rings. The number of hydrogen-bond acceptors (Lipinski definition) is 2. The highest BCUT2D eigenvalue weighted by Crippen LogP contribution is 2.29. The van der Waals surface area contributed by atoms with Gasteiger partial charge in [0, 0.05) is 0 Å². The quantitative estimate of drug-likeness (QED) is 0.746. The smallest absolute Gasteiger partial charge is 0.0787 e. The number of benzene rings is 2. The summed E-state index contributed by atoms with van der Waals surface area (Å²) < 4.78 is 0. The van der Waals surface area contributed by atoms with Gasteiger partial charge in [-0.25, -0.2) is 5.06 Å². The molecule has 0 amide bonds. The van der Waals surface area contributed by atoms with Crippen molar-refractivity contribution >= 4 is 5.69 Å². The van der Waals surface area contributed by atoms with E-state index in [0.29, 0.717) is 0 Å². The summed E-state index contributed by atoms with van der Waals surface area (Å²) in [6, 6.07) is 18.8. The molecule has 0 fully saturated rings. The monoisotopic (exact) mass is 241 g/mol. The van der Waals surface area contributed by atoms with Gasteiger partial charge >= 0.3 is 0 Å². The average molecular weight is 241 g/mol. The van der Waals surface area contributed by atoms with Gasteiger partial charge in [-0.05, 0) is 31.0 Å². The van der Waals surface area contributed by atoms with Crippen LogP contribution in [0.1, 0.15) is 24.1 Å². The van der Waals surface area contributed by atoms with E-state index >= 15 is 0 Å². The van der Waals surface area contributed by atoms with E-state index in [-0.39, 0.29) is 6.04 Å². The van der Waals surface area contributed by atoms with Crippen LogP contribution in [0.3, 0.4) is 0 Å². The summed E-state index contributed by atoms with van der Waals surface area (Å²) in [4.78, 5) is 5.57. The predicted octanol–water partition coefficient (Wildman–Crippen LogP) is 4.12. The van der Waals surface area contributed by atoms with E-state index in [4.69, 9.17) is 4.84 Å². The fourth-order valence-electron chi connectivity index (χ4n) is 2.14. The molecule has 2 nitrogen and oxygen atoms in total. The van der Waals surface area contributed by atoms with Crippen LogP contribution in [0.2, 0.25) is 0 Å². The van der Waals surface area contributed by atoms with E-state index in [9.17, 15) is 0 Å². The van der Waals surface area contributed by atoms with Crippen LogP contribution in [0.25, 0.3) is 0 Å². The molecule has 0 saturated heterocycles. The zero-order valence-electron chi connectivity index (χ0n) is 11.1. The first-order valence-corrected chi connectivity index (χ1v) is 6.18. The van der Waals surface area contributed by atoms with Gasteiger partial charge in [-0.2, -0.15) is 0 Å². The Morgan fingerprint density at radius 1 is 0.944 bits per heavy atom. The molecule has 0 aliphatic heterocycles. The molecule has 0 spiro atoms. The second-order valence-electron chi connectivity index (χ2n) is 4.38. The summed E-state index contributed by atoms with van der Waals surface area (Å²) in [5.74, 6) is 0. The van der Waals surface area contributed by atoms with Crippen molar-refractivity contribution in [1.82, 2.24) is 0 Å². The summed E-state index contributed by atoms with van der Waals surface area (Å²) in [7, 11) is 1.71. The molecule has 0 bridgehead atoms. The lowest BCUT2D eigenvalue weighted by Crippen LogP contribution is -2.26. The summed E-state index contributed by atoms with van der Waals surface area (Å²) in [5.41, 5.74) is 3.56. The normalized spacial score (nSPS) is 12.2. The van der Waals surface area contributed by atoms with Gasteiger partial charge in [0.15, 0.2) is 0 Å². The molecular weight excluding hydrogens is 222 g/mol. The Morgan fingerprint density at radius 3 is 2.17 bits per heavy atom. The summed E-state index contributed by atoms with van der Waals surface area (Å²) >= 11 is 0. The number of hydroxylamine groups is 1. The third-order valence-corrected chi connectivity index (χ3v) is 3.18. The Balaban J connectivity index is 2.32. The highest BCUT2D eigenvalue weighted by Gasteiger charge is 2.17. The van der Waals surface area contributed by atoms with Crippen LogP contribution in [-0.2, 0) is 4.84 Å². The number of hydrogen-bond donors (Lipinski definition) is 0. The predicted molar refractivity (Wildman–Crippen MR) is 75.5 cm³/mol. The van der Waals surface area contributed by atoms with E-state index in [2.05, 4.69) is 50.2 Å². The van der Waals surface area contributed by atoms with Crippen molar-refractivity contribution in [3.8, 4) is 0 Å². The molecule has 94 valence electrons. The minimum absolute atomic E-state index is 0.178. The minimum atomic E-state index is 0.178. The van der Waals surface area contributed by atoms with Crippen LogP contribution in [0.5, 0.6) is 0 Å². The Kier molecular flexibility index (Phi) is 4.00. The van der Waals surface area contributed by atoms with E-state index < -0.39 is 0 Å². The van der Waals surface area contributed by atoms with Gasteiger partial charge in [0.25, 0.3) is 0 Å². The van der Waals surface area contributed by atoms with Crippen LogP contribution in [0.15, 0.2) is 54.6 Å². The lowest BCUT2D eigenvalue weighted by molar-refractivity contribution is 0.143. The molecular formula is C16H19NO. The maximum atomic E-state index is 5.57. The zero-order chi connectivity index (χ0) is 13.0. The Morgan fingerprint density at radius 2 is 1.56 bits per heavy atom. The minimum Gasteiger partial charge on any atom is -0.276 e. The van der Waals surface area contributed by atoms with Gasteiger partial charge in [0.05, 0.1) is 18.8 Å². The SMILES string of the molecule is CON(c1ccccc1C)[C@@H](C)c1ccccc1. The third-order valence-electron chi connectivity index (χ3n) is 3.18. The fraction of sp³-hybridized carbons (Fsp3) is 0.250. The number of para-hydroxylation sites is 1. The number of aryl methyl sites for hydroxylation is 1. The van der Waals surface area contributed by atoms with Crippen LogP contribution in [0.4, 0.5) is 5.69 Å². The highest BCUT2D eigenvalue weighted by molar-refractivity contribution is 5.52. The van der Waals surface area contributed by atoms with E-state index in [0.717, 1.165) is 5.69 Å². The summed E-state index contributed by atoms with van der Waals surface area (Å²) in [6.07, 6.45) is 0. The van der Waals surface area contributed by atoms with Crippen molar-refractivity contribution in [2.75, 3.05) is 12.2 Å². The van der Waals surface area contributed by atoms with Gasteiger partial charge < -0.3 is 0 Å². The Hall–Kier alpha value is -1.80. The Bertz CT molecular complexity index is 495. The van der Waals surface area contributed by atoms with Gasteiger partial charge in [-0.1, -0.05) is 48.5 Å². The summed E-state index contributed by atoms with van der Waals surface area (Å²) in [5, 5.41) is 1.95. The second kappa shape index (κ2) is 5.69. The lowest BCUT2D eigenvalue weighted by atomic mass is 10.1. The van der Waals surface area contributed by atoms with Gasteiger partial charge in [-0.3, -0.25) is 4.84 Å². The first-order chi connectivity index (χ1) is 8.74. The van der Waals surface area contributed by atoms with Crippen LogP contribution in [0, 0.1) is 6.92 Å². The highest BCUT2D eigenvalue weighted by atomic mass is 16.7.